The quantitative estimate of drug-likeness (QED) is 0.564. The first-order valence-corrected chi connectivity index (χ1v) is 10.4. The van der Waals surface area contributed by atoms with E-state index in [4.69, 9.17) is 12.2 Å². The molecule has 1 fully saturated rings. The van der Waals surface area contributed by atoms with E-state index in [0.717, 1.165) is 24.9 Å². The first-order chi connectivity index (χ1) is 12.7. The summed E-state index contributed by atoms with van der Waals surface area (Å²) in [5.41, 5.74) is 4.69. The number of rotatable bonds is 5. The molecular formula is C21H31F3N2S. The predicted molar refractivity (Wildman–Crippen MR) is 110 cm³/mol. The molecule has 2 N–H and O–H groups in total. The van der Waals surface area contributed by atoms with Gasteiger partial charge in [0.1, 0.15) is 0 Å². The molecule has 2 atom stereocenters. The number of nitrogens with one attached hydrogen (secondary N) is 2. The summed E-state index contributed by atoms with van der Waals surface area (Å²) < 4.78 is 39.1. The Labute approximate surface area is 166 Å². The molecule has 1 aromatic carbocycles. The molecule has 0 aromatic heterocycles. The van der Waals surface area contributed by atoms with Crippen molar-refractivity contribution in [2.75, 3.05) is 5.32 Å². The van der Waals surface area contributed by atoms with Crippen molar-refractivity contribution >= 4 is 23.0 Å². The van der Waals surface area contributed by atoms with E-state index in [1.807, 2.05) is 0 Å². The van der Waals surface area contributed by atoms with Crippen molar-refractivity contribution < 1.29 is 13.2 Å². The van der Waals surface area contributed by atoms with Crippen LogP contribution in [0, 0.1) is 5.92 Å². The molecule has 0 spiro atoms. The maximum absolute atomic E-state index is 13.0. The molecule has 0 aliphatic heterocycles. The Balaban J connectivity index is 2.11. The monoisotopic (exact) mass is 400 g/mol. The minimum Gasteiger partial charge on any atom is -0.360 e. The van der Waals surface area contributed by atoms with Crippen molar-refractivity contribution in [3.05, 3.63) is 28.8 Å². The number of anilines is 1. The van der Waals surface area contributed by atoms with Gasteiger partial charge >= 0.3 is 6.18 Å². The molecule has 2 rings (SSSR count). The van der Waals surface area contributed by atoms with Gasteiger partial charge in [0.05, 0.1) is 5.92 Å². The van der Waals surface area contributed by atoms with Gasteiger partial charge in [0.25, 0.3) is 0 Å². The van der Waals surface area contributed by atoms with Crippen LogP contribution in [0.5, 0.6) is 0 Å². The molecule has 1 aliphatic rings. The Morgan fingerprint density at radius 2 is 1.74 bits per heavy atom. The summed E-state index contributed by atoms with van der Waals surface area (Å²) in [6, 6.07) is 4.18. The van der Waals surface area contributed by atoms with Gasteiger partial charge in [0, 0.05) is 11.7 Å². The summed E-state index contributed by atoms with van der Waals surface area (Å²) in [6.07, 6.45) is -0.754. The molecule has 6 heteroatoms. The summed E-state index contributed by atoms with van der Waals surface area (Å²) in [6.45, 7) is 8.56. The zero-order valence-electron chi connectivity index (χ0n) is 16.7. The summed E-state index contributed by atoms with van der Waals surface area (Å²) in [4.78, 5) is 0. The van der Waals surface area contributed by atoms with Crippen LogP contribution in [0.3, 0.4) is 0 Å². The van der Waals surface area contributed by atoms with Crippen molar-refractivity contribution in [2.24, 2.45) is 5.92 Å². The first-order valence-electron chi connectivity index (χ1n) is 9.95. The largest absolute Gasteiger partial charge is 0.391 e. The standard InChI is InChI=1S/C21H31F3N2S/c1-5-14-10-16(13(3)4)11-15(6-2)19(14)26-20(27)25-18-9-7-8-17(12-18)21(22,23)24/h10-11,13,17-18H,5-9,12H2,1-4H3,(H2,25,26,27). The lowest BCUT2D eigenvalue weighted by Crippen LogP contribution is -2.43. The Morgan fingerprint density at radius 1 is 1.15 bits per heavy atom. The molecule has 1 aromatic rings. The van der Waals surface area contributed by atoms with Gasteiger partial charge in [-0.15, -0.1) is 0 Å². The van der Waals surface area contributed by atoms with Crippen LogP contribution in [0.25, 0.3) is 0 Å². The van der Waals surface area contributed by atoms with Crippen LogP contribution in [0.4, 0.5) is 18.9 Å². The van der Waals surface area contributed by atoms with Gasteiger partial charge in [-0.25, -0.2) is 0 Å². The second-order valence-electron chi connectivity index (χ2n) is 7.78. The van der Waals surface area contributed by atoms with Crippen LogP contribution in [0.2, 0.25) is 0 Å². The van der Waals surface area contributed by atoms with Crippen molar-refractivity contribution in [1.82, 2.24) is 5.32 Å². The maximum Gasteiger partial charge on any atom is 0.391 e. The van der Waals surface area contributed by atoms with E-state index in [1.54, 1.807) is 0 Å². The number of hydrogen-bond acceptors (Lipinski definition) is 1. The summed E-state index contributed by atoms with van der Waals surface area (Å²) in [7, 11) is 0. The third-order valence-electron chi connectivity index (χ3n) is 5.46. The molecule has 0 bridgehead atoms. The highest BCUT2D eigenvalue weighted by Gasteiger charge is 2.42. The van der Waals surface area contributed by atoms with E-state index in [2.05, 4.69) is 50.5 Å². The second kappa shape index (κ2) is 9.26. The summed E-state index contributed by atoms with van der Waals surface area (Å²) in [5, 5.41) is 6.84. The van der Waals surface area contributed by atoms with Gasteiger partial charge in [-0.05, 0) is 66.9 Å². The molecule has 152 valence electrons. The molecular weight excluding hydrogens is 369 g/mol. The predicted octanol–water partition coefficient (Wildman–Crippen LogP) is 6.34. The van der Waals surface area contributed by atoms with Gasteiger partial charge in [0.2, 0.25) is 0 Å². The lowest BCUT2D eigenvalue weighted by Gasteiger charge is -2.32. The highest BCUT2D eigenvalue weighted by atomic mass is 32.1. The molecule has 0 heterocycles. The zero-order chi connectivity index (χ0) is 20.2. The summed E-state index contributed by atoms with van der Waals surface area (Å²) in [5.74, 6) is -0.782. The Hall–Kier alpha value is -1.30. The lowest BCUT2D eigenvalue weighted by atomic mass is 9.85. The van der Waals surface area contributed by atoms with E-state index in [-0.39, 0.29) is 18.9 Å². The fraction of sp³-hybridized carbons (Fsp3) is 0.667. The van der Waals surface area contributed by atoms with E-state index in [0.29, 0.717) is 17.5 Å². The van der Waals surface area contributed by atoms with Crippen molar-refractivity contribution in [1.29, 1.82) is 0 Å². The maximum atomic E-state index is 13.0. The topological polar surface area (TPSA) is 24.1 Å². The first kappa shape index (κ1) is 22.0. The number of alkyl halides is 3. The Kier molecular flexibility index (Phi) is 7.55. The third-order valence-corrected chi connectivity index (χ3v) is 5.68. The average Bonchev–Trinajstić information content (AvgIpc) is 2.60. The lowest BCUT2D eigenvalue weighted by molar-refractivity contribution is -0.183. The van der Waals surface area contributed by atoms with E-state index >= 15 is 0 Å². The molecule has 0 radical (unpaired) electrons. The third kappa shape index (κ3) is 5.84. The second-order valence-corrected chi connectivity index (χ2v) is 8.18. The van der Waals surface area contributed by atoms with Crippen LogP contribution in [-0.4, -0.2) is 17.3 Å². The number of thiocarbonyl (C=S) groups is 1. The average molecular weight is 401 g/mol. The molecule has 2 unspecified atom stereocenters. The van der Waals surface area contributed by atoms with Gasteiger partial charge in [-0.1, -0.05) is 46.2 Å². The molecule has 1 aliphatic carbocycles. The number of benzene rings is 1. The Bertz CT molecular complexity index is 630. The zero-order valence-corrected chi connectivity index (χ0v) is 17.5. The molecule has 2 nitrogen and oxygen atoms in total. The van der Waals surface area contributed by atoms with Crippen molar-refractivity contribution in [3.63, 3.8) is 0 Å². The van der Waals surface area contributed by atoms with Crippen LogP contribution in [0.1, 0.15) is 76.0 Å². The minimum absolute atomic E-state index is 0.0961. The molecule has 0 amide bonds. The smallest absolute Gasteiger partial charge is 0.360 e. The van der Waals surface area contributed by atoms with E-state index < -0.39 is 12.1 Å². The SMILES string of the molecule is CCc1cc(C(C)C)cc(CC)c1NC(=S)NC1CCCC(C(F)(F)F)C1. The Morgan fingerprint density at radius 3 is 2.22 bits per heavy atom. The van der Waals surface area contributed by atoms with Crippen LogP contribution in [0.15, 0.2) is 12.1 Å². The summed E-state index contributed by atoms with van der Waals surface area (Å²) >= 11 is 5.44. The number of halogens is 3. The molecule has 0 saturated heterocycles. The number of aryl methyl sites for hydroxylation is 2. The number of hydrogen-bond donors (Lipinski definition) is 2. The fourth-order valence-corrected chi connectivity index (χ4v) is 4.07. The highest BCUT2D eigenvalue weighted by molar-refractivity contribution is 7.80. The van der Waals surface area contributed by atoms with Gasteiger partial charge in [-0.2, -0.15) is 13.2 Å². The molecule has 27 heavy (non-hydrogen) atoms. The molecule has 1 saturated carbocycles. The van der Waals surface area contributed by atoms with Gasteiger partial charge < -0.3 is 10.6 Å². The highest BCUT2D eigenvalue weighted by Crippen LogP contribution is 2.37. The van der Waals surface area contributed by atoms with Crippen LogP contribution < -0.4 is 10.6 Å². The normalized spacial score (nSPS) is 20.6. The fourth-order valence-electron chi connectivity index (χ4n) is 3.80. The van der Waals surface area contributed by atoms with E-state index in [1.165, 1.54) is 16.7 Å². The van der Waals surface area contributed by atoms with Gasteiger partial charge in [-0.3, -0.25) is 0 Å². The van der Waals surface area contributed by atoms with Crippen molar-refractivity contribution in [3.8, 4) is 0 Å². The van der Waals surface area contributed by atoms with E-state index in [9.17, 15) is 13.2 Å². The van der Waals surface area contributed by atoms with Crippen molar-refractivity contribution in [2.45, 2.75) is 84.4 Å². The van der Waals surface area contributed by atoms with Crippen LogP contribution >= 0.6 is 12.2 Å². The van der Waals surface area contributed by atoms with Crippen LogP contribution in [-0.2, 0) is 12.8 Å². The van der Waals surface area contributed by atoms with Gasteiger partial charge in [0.15, 0.2) is 5.11 Å². The minimum atomic E-state index is -4.12.